The van der Waals surface area contributed by atoms with Gasteiger partial charge in [-0.25, -0.2) is 9.97 Å². The van der Waals surface area contributed by atoms with E-state index >= 15 is 0 Å². The third-order valence-corrected chi connectivity index (χ3v) is 2.89. The Bertz CT molecular complexity index is 585. The molecule has 2 rings (SSSR count). The first-order valence-corrected chi connectivity index (χ1v) is 6.42. The molecule has 0 bridgehead atoms. The van der Waals surface area contributed by atoms with E-state index in [9.17, 15) is 18.3 Å². The molecule has 0 aliphatic heterocycles. The number of thioether (sulfide) groups is 1. The second-order valence-corrected chi connectivity index (χ2v) is 4.44. The number of aromatic hydroxyl groups is 1. The van der Waals surface area contributed by atoms with Crippen LogP contribution in [0.2, 0.25) is 0 Å². The summed E-state index contributed by atoms with van der Waals surface area (Å²) < 4.78 is 38.2. The molecule has 0 saturated heterocycles. The van der Waals surface area contributed by atoms with Crippen molar-refractivity contribution in [1.82, 2.24) is 9.97 Å². The van der Waals surface area contributed by atoms with Gasteiger partial charge in [0.25, 0.3) is 0 Å². The van der Waals surface area contributed by atoms with Crippen LogP contribution in [0.3, 0.4) is 0 Å². The summed E-state index contributed by atoms with van der Waals surface area (Å²) in [7, 11) is 0. The molecule has 7 heteroatoms. The third-order valence-electron chi connectivity index (χ3n) is 2.34. The quantitative estimate of drug-likeness (QED) is 0.677. The second kappa shape index (κ2) is 5.08. The van der Waals surface area contributed by atoms with Crippen molar-refractivity contribution in [1.29, 1.82) is 0 Å². The van der Waals surface area contributed by atoms with Crippen LogP contribution >= 0.6 is 11.8 Å². The lowest BCUT2D eigenvalue weighted by Gasteiger charge is -2.09. The molecule has 0 fully saturated rings. The summed E-state index contributed by atoms with van der Waals surface area (Å²) in [6.45, 7) is 0. The Hall–Kier alpha value is -1.76. The highest BCUT2D eigenvalue weighted by atomic mass is 32.2. The Balaban J connectivity index is 2.54. The highest BCUT2D eigenvalue weighted by molar-refractivity contribution is 7.98. The van der Waals surface area contributed by atoms with Crippen LogP contribution in [0.1, 0.15) is 5.69 Å². The molecule has 0 aliphatic rings. The minimum atomic E-state index is -4.51. The van der Waals surface area contributed by atoms with Crippen molar-refractivity contribution in [3.63, 3.8) is 0 Å². The molecular formula is C12H9F3N2OS. The standard InChI is InChI=1S/C12H9F3N2OS/c1-19-11-16-9(6-10(17-11)12(13,14)15)7-2-4-8(18)5-3-7/h2-6,18H,1H3. The van der Waals surface area contributed by atoms with Gasteiger partial charge in [0.2, 0.25) is 0 Å². The molecule has 0 spiro atoms. The molecule has 100 valence electrons. The zero-order valence-electron chi connectivity index (χ0n) is 9.77. The van der Waals surface area contributed by atoms with E-state index in [1.807, 2.05) is 0 Å². The molecule has 0 amide bonds. The summed E-state index contributed by atoms with van der Waals surface area (Å²) in [6.07, 6.45) is -2.91. The maximum Gasteiger partial charge on any atom is 0.433 e. The maximum atomic E-state index is 12.7. The molecule has 19 heavy (non-hydrogen) atoms. The fourth-order valence-corrected chi connectivity index (χ4v) is 1.82. The summed E-state index contributed by atoms with van der Waals surface area (Å²) in [4.78, 5) is 7.48. The van der Waals surface area contributed by atoms with E-state index in [0.29, 0.717) is 5.56 Å². The van der Waals surface area contributed by atoms with Crippen LogP contribution in [0.4, 0.5) is 13.2 Å². The van der Waals surface area contributed by atoms with E-state index in [-0.39, 0.29) is 16.6 Å². The van der Waals surface area contributed by atoms with E-state index in [2.05, 4.69) is 9.97 Å². The Morgan fingerprint density at radius 1 is 1.11 bits per heavy atom. The van der Waals surface area contributed by atoms with Crippen molar-refractivity contribution in [3.05, 3.63) is 36.0 Å². The van der Waals surface area contributed by atoms with Gasteiger partial charge in [-0.1, -0.05) is 11.8 Å². The zero-order valence-corrected chi connectivity index (χ0v) is 10.6. The molecule has 1 aromatic heterocycles. The number of halogens is 3. The highest BCUT2D eigenvalue weighted by Gasteiger charge is 2.33. The number of aromatic nitrogens is 2. The number of nitrogens with zero attached hydrogens (tertiary/aromatic N) is 2. The van der Waals surface area contributed by atoms with Crippen LogP contribution < -0.4 is 0 Å². The molecule has 0 radical (unpaired) electrons. The first kappa shape index (κ1) is 13.7. The number of phenolic OH excluding ortho intramolecular Hbond substituents is 1. The summed E-state index contributed by atoms with van der Waals surface area (Å²) in [5.41, 5.74) is -0.317. The van der Waals surface area contributed by atoms with E-state index in [1.165, 1.54) is 24.3 Å². The number of rotatable bonds is 2. The third kappa shape index (κ3) is 3.17. The molecular weight excluding hydrogens is 277 g/mol. The van der Waals surface area contributed by atoms with Crippen molar-refractivity contribution in [2.45, 2.75) is 11.3 Å². The second-order valence-electron chi connectivity index (χ2n) is 3.67. The van der Waals surface area contributed by atoms with Crippen LogP contribution in [-0.2, 0) is 6.18 Å². The summed E-state index contributed by atoms with van der Waals surface area (Å²) >= 11 is 1.04. The molecule has 1 heterocycles. The van der Waals surface area contributed by atoms with Gasteiger partial charge in [-0.2, -0.15) is 13.2 Å². The Morgan fingerprint density at radius 3 is 2.26 bits per heavy atom. The first-order valence-electron chi connectivity index (χ1n) is 5.20. The van der Waals surface area contributed by atoms with Crippen LogP contribution in [0, 0.1) is 0 Å². The number of hydrogen-bond acceptors (Lipinski definition) is 4. The Morgan fingerprint density at radius 2 is 1.74 bits per heavy atom. The van der Waals surface area contributed by atoms with Crippen LogP contribution in [0.15, 0.2) is 35.5 Å². The number of benzene rings is 1. The van der Waals surface area contributed by atoms with Crippen molar-refractivity contribution < 1.29 is 18.3 Å². The van der Waals surface area contributed by atoms with Crippen molar-refractivity contribution in [3.8, 4) is 17.0 Å². The van der Waals surface area contributed by atoms with Gasteiger partial charge < -0.3 is 5.11 Å². The van der Waals surface area contributed by atoms with Gasteiger partial charge in [0, 0.05) is 5.56 Å². The van der Waals surface area contributed by atoms with Crippen LogP contribution in [0.25, 0.3) is 11.3 Å². The molecule has 3 nitrogen and oxygen atoms in total. The van der Waals surface area contributed by atoms with E-state index in [0.717, 1.165) is 17.8 Å². The predicted molar refractivity (Wildman–Crippen MR) is 65.9 cm³/mol. The van der Waals surface area contributed by atoms with Gasteiger partial charge in [-0.05, 0) is 36.6 Å². The lowest BCUT2D eigenvalue weighted by Crippen LogP contribution is -2.09. The SMILES string of the molecule is CSc1nc(-c2ccc(O)cc2)cc(C(F)(F)F)n1. The van der Waals surface area contributed by atoms with Gasteiger partial charge in [0.15, 0.2) is 5.16 Å². The molecule has 2 aromatic rings. The Labute approximate surface area is 111 Å². The topological polar surface area (TPSA) is 46.0 Å². The maximum absolute atomic E-state index is 12.7. The smallest absolute Gasteiger partial charge is 0.433 e. The molecule has 1 aromatic carbocycles. The van der Waals surface area contributed by atoms with Crippen LogP contribution in [0.5, 0.6) is 5.75 Å². The van der Waals surface area contributed by atoms with Gasteiger partial charge in [-0.3, -0.25) is 0 Å². The van der Waals surface area contributed by atoms with Crippen LogP contribution in [-0.4, -0.2) is 21.3 Å². The number of hydrogen-bond donors (Lipinski definition) is 1. The van der Waals surface area contributed by atoms with E-state index < -0.39 is 11.9 Å². The van der Waals surface area contributed by atoms with Gasteiger partial charge in [0.05, 0.1) is 5.69 Å². The van der Waals surface area contributed by atoms with E-state index in [1.54, 1.807) is 6.26 Å². The summed E-state index contributed by atoms with van der Waals surface area (Å²) in [6, 6.07) is 6.68. The normalized spacial score (nSPS) is 11.6. The van der Waals surface area contributed by atoms with E-state index in [4.69, 9.17) is 0 Å². The average Bonchev–Trinajstić information content (AvgIpc) is 2.38. The molecule has 0 aliphatic carbocycles. The fourth-order valence-electron chi connectivity index (χ4n) is 1.44. The molecule has 0 atom stereocenters. The molecule has 1 N–H and O–H groups in total. The molecule has 0 unspecified atom stereocenters. The van der Waals surface area contributed by atoms with Gasteiger partial charge >= 0.3 is 6.18 Å². The summed E-state index contributed by atoms with van der Waals surface area (Å²) in [5.74, 6) is 0.0407. The first-order chi connectivity index (χ1) is 8.90. The largest absolute Gasteiger partial charge is 0.508 e. The average molecular weight is 286 g/mol. The van der Waals surface area contributed by atoms with Crippen molar-refractivity contribution >= 4 is 11.8 Å². The summed E-state index contributed by atoms with van der Waals surface area (Å²) in [5, 5.41) is 9.22. The van der Waals surface area contributed by atoms with Crippen molar-refractivity contribution in [2.75, 3.05) is 6.26 Å². The monoisotopic (exact) mass is 286 g/mol. The lowest BCUT2D eigenvalue weighted by atomic mass is 10.1. The minimum Gasteiger partial charge on any atom is -0.508 e. The zero-order chi connectivity index (χ0) is 14.0. The number of alkyl halides is 3. The molecule has 0 saturated carbocycles. The lowest BCUT2D eigenvalue weighted by molar-refractivity contribution is -0.141. The number of phenols is 1. The van der Waals surface area contributed by atoms with Crippen molar-refractivity contribution in [2.24, 2.45) is 0 Å². The van der Waals surface area contributed by atoms with Gasteiger partial charge in [-0.15, -0.1) is 0 Å². The predicted octanol–water partition coefficient (Wildman–Crippen LogP) is 3.59. The fraction of sp³-hybridized carbons (Fsp3) is 0.167. The minimum absolute atomic E-state index is 0.0407. The highest BCUT2D eigenvalue weighted by Crippen LogP contribution is 2.31. The van der Waals surface area contributed by atoms with Gasteiger partial charge in [0.1, 0.15) is 11.4 Å². The Kier molecular flexibility index (Phi) is 3.66.